The summed E-state index contributed by atoms with van der Waals surface area (Å²) in [6.07, 6.45) is 3.44. The fourth-order valence-corrected chi connectivity index (χ4v) is 4.47. The SMILES string of the molecule is Cc1ccc(C)c([C@@H](O)CN2CCN([C@@H](c3ccccc3)c3nccn3C)CC2)c1. The maximum Gasteiger partial charge on any atom is 0.130 e. The highest BCUT2D eigenvalue weighted by Crippen LogP contribution is 2.29. The Balaban J connectivity index is 1.45. The van der Waals surface area contributed by atoms with Gasteiger partial charge in [-0.05, 0) is 30.5 Å². The van der Waals surface area contributed by atoms with Crippen molar-refractivity contribution in [2.75, 3.05) is 32.7 Å². The summed E-state index contributed by atoms with van der Waals surface area (Å²) in [5.41, 5.74) is 4.68. The van der Waals surface area contributed by atoms with Gasteiger partial charge in [-0.25, -0.2) is 4.98 Å². The van der Waals surface area contributed by atoms with Crippen molar-refractivity contribution in [1.29, 1.82) is 0 Å². The van der Waals surface area contributed by atoms with Gasteiger partial charge in [-0.1, -0.05) is 54.1 Å². The van der Waals surface area contributed by atoms with E-state index < -0.39 is 6.10 Å². The Kier molecular flexibility index (Phi) is 6.32. The Morgan fingerprint density at radius 1 is 1.00 bits per heavy atom. The smallest absolute Gasteiger partial charge is 0.130 e. The largest absolute Gasteiger partial charge is 0.387 e. The minimum Gasteiger partial charge on any atom is -0.387 e. The van der Waals surface area contributed by atoms with Crippen LogP contribution in [-0.2, 0) is 7.05 Å². The molecule has 1 aromatic heterocycles. The van der Waals surface area contributed by atoms with E-state index in [-0.39, 0.29) is 6.04 Å². The molecule has 2 atom stereocenters. The minimum atomic E-state index is -0.448. The predicted octanol–water partition coefficient (Wildman–Crippen LogP) is 3.48. The van der Waals surface area contributed by atoms with Crippen LogP contribution in [0.3, 0.4) is 0 Å². The maximum atomic E-state index is 10.8. The van der Waals surface area contributed by atoms with Gasteiger partial charge >= 0.3 is 0 Å². The molecule has 30 heavy (non-hydrogen) atoms. The molecule has 3 aromatic rings. The lowest BCUT2D eigenvalue weighted by molar-refractivity contribution is 0.0603. The summed E-state index contributed by atoms with van der Waals surface area (Å²) in [6, 6.07) is 17.1. The second-order valence-corrected chi connectivity index (χ2v) is 8.42. The fraction of sp³-hybridized carbons (Fsp3) is 0.400. The number of aliphatic hydroxyl groups is 1. The van der Waals surface area contributed by atoms with E-state index in [0.717, 1.165) is 43.1 Å². The normalized spacial score (nSPS) is 17.7. The van der Waals surface area contributed by atoms with Gasteiger partial charge in [0.15, 0.2) is 0 Å². The molecule has 0 radical (unpaired) electrons. The molecular formula is C25H32N4O. The van der Waals surface area contributed by atoms with Crippen molar-refractivity contribution < 1.29 is 5.11 Å². The van der Waals surface area contributed by atoms with E-state index in [2.05, 4.69) is 88.8 Å². The van der Waals surface area contributed by atoms with Crippen LogP contribution in [0.5, 0.6) is 0 Å². The number of piperazine rings is 1. The third kappa shape index (κ3) is 4.48. The Morgan fingerprint density at radius 3 is 2.40 bits per heavy atom. The van der Waals surface area contributed by atoms with Gasteiger partial charge in [0.1, 0.15) is 5.82 Å². The summed E-state index contributed by atoms with van der Waals surface area (Å²) in [6.45, 7) is 8.61. The molecule has 158 valence electrons. The number of imidazole rings is 1. The van der Waals surface area contributed by atoms with Crippen LogP contribution in [0.25, 0.3) is 0 Å². The molecule has 1 fully saturated rings. The molecule has 1 N–H and O–H groups in total. The van der Waals surface area contributed by atoms with E-state index in [4.69, 9.17) is 0 Å². The zero-order valence-electron chi connectivity index (χ0n) is 18.2. The fourth-order valence-electron chi connectivity index (χ4n) is 4.47. The number of hydrogen-bond acceptors (Lipinski definition) is 4. The Bertz CT molecular complexity index is 960. The molecule has 0 unspecified atom stereocenters. The van der Waals surface area contributed by atoms with Gasteiger partial charge in [0.05, 0.1) is 12.1 Å². The van der Waals surface area contributed by atoms with E-state index in [1.54, 1.807) is 0 Å². The topological polar surface area (TPSA) is 44.5 Å². The Hall–Kier alpha value is -2.47. The van der Waals surface area contributed by atoms with Gasteiger partial charge in [-0.2, -0.15) is 0 Å². The van der Waals surface area contributed by atoms with E-state index in [1.807, 2.05) is 12.4 Å². The van der Waals surface area contributed by atoms with Crippen LogP contribution in [0.2, 0.25) is 0 Å². The molecule has 0 saturated carbocycles. The molecule has 0 spiro atoms. The number of β-amino-alcohol motifs (C(OH)–C–C–N with tert-alkyl or cyclic N) is 1. The quantitative estimate of drug-likeness (QED) is 0.683. The third-order valence-electron chi connectivity index (χ3n) is 6.22. The molecule has 1 aliphatic heterocycles. The van der Waals surface area contributed by atoms with E-state index in [1.165, 1.54) is 11.1 Å². The number of hydrogen-bond donors (Lipinski definition) is 1. The molecule has 0 bridgehead atoms. The standard InChI is InChI=1S/C25H32N4O/c1-19-9-10-20(2)22(17-19)23(30)18-28-13-15-29(16-14-28)24(21-7-5-4-6-8-21)25-26-11-12-27(25)3/h4-12,17,23-24,30H,13-16,18H2,1-3H3/t23-,24-/m0/s1. The molecule has 0 amide bonds. The van der Waals surface area contributed by atoms with Gasteiger partial charge in [-0.15, -0.1) is 0 Å². The lowest BCUT2D eigenvalue weighted by Crippen LogP contribution is -2.49. The van der Waals surface area contributed by atoms with E-state index in [0.29, 0.717) is 6.54 Å². The molecule has 2 aromatic carbocycles. The predicted molar refractivity (Wildman–Crippen MR) is 120 cm³/mol. The number of aromatic nitrogens is 2. The molecular weight excluding hydrogens is 372 g/mol. The van der Waals surface area contributed by atoms with Crippen molar-refractivity contribution >= 4 is 0 Å². The molecule has 1 saturated heterocycles. The number of aliphatic hydroxyl groups excluding tert-OH is 1. The van der Waals surface area contributed by atoms with Crippen molar-refractivity contribution in [3.05, 3.63) is 89.0 Å². The zero-order valence-corrected chi connectivity index (χ0v) is 18.2. The highest BCUT2D eigenvalue weighted by atomic mass is 16.3. The molecule has 2 heterocycles. The van der Waals surface area contributed by atoms with E-state index >= 15 is 0 Å². The third-order valence-corrected chi connectivity index (χ3v) is 6.22. The first-order valence-electron chi connectivity index (χ1n) is 10.8. The molecule has 5 heteroatoms. The Morgan fingerprint density at radius 2 is 1.73 bits per heavy atom. The van der Waals surface area contributed by atoms with Gasteiger partial charge in [0.25, 0.3) is 0 Å². The van der Waals surface area contributed by atoms with Gasteiger partial charge in [0, 0.05) is 52.2 Å². The first-order chi connectivity index (χ1) is 14.5. The summed E-state index contributed by atoms with van der Waals surface area (Å²) in [5, 5.41) is 10.8. The van der Waals surface area contributed by atoms with Crippen LogP contribution >= 0.6 is 0 Å². The van der Waals surface area contributed by atoms with Gasteiger partial charge in [0.2, 0.25) is 0 Å². The van der Waals surface area contributed by atoms with Crippen LogP contribution in [0.4, 0.5) is 0 Å². The molecule has 0 aliphatic carbocycles. The van der Waals surface area contributed by atoms with Gasteiger partial charge < -0.3 is 9.67 Å². The van der Waals surface area contributed by atoms with Crippen LogP contribution in [0.15, 0.2) is 60.9 Å². The maximum absolute atomic E-state index is 10.8. The lowest BCUT2D eigenvalue weighted by atomic mass is 10.00. The first-order valence-corrected chi connectivity index (χ1v) is 10.8. The van der Waals surface area contributed by atoms with Crippen LogP contribution in [0.1, 0.15) is 40.2 Å². The number of nitrogens with zero attached hydrogens (tertiary/aromatic N) is 4. The summed E-state index contributed by atoms with van der Waals surface area (Å²) >= 11 is 0. The monoisotopic (exact) mass is 404 g/mol. The minimum absolute atomic E-state index is 0.150. The van der Waals surface area contributed by atoms with Crippen molar-refractivity contribution in [3.63, 3.8) is 0 Å². The molecule has 5 nitrogen and oxygen atoms in total. The van der Waals surface area contributed by atoms with Crippen LogP contribution in [-0.4, -0.2) is 57.2 Å². The highest BCUT2D eigenvalue weighted by Gasteiger charge is 2.29. The van der Waals surface area contributed by atoms with Crippen LogP contribution in [0, 0.1) is 13.8 Å². The molecule has 1 aliphatic rings. The van der Waals surface area contributed by atoms with Crippen molar-refractivity contribution in [1.82, 2.24) is 19.4 Å². The number of rotatable bonds is 6. The lowest BCUT2D eigenvalue weighted by Gasteiger charge is -2.39. The Labute approximate surface area is 179 Å². The second-order valence-electron chi connectivity index (χ2n) is 8.42. The summed E-state index contributed by atoms with van der Waals surface area (Å²) < 4.78 is 2.12. The second kappa shape index (κ2) is 9.13. The summed E-state index contributed by atoms with van der Waals surface area (Å²) in [4.78, 5) is 9.55. The van der Waals surface area contributed by atoms with Crippen molar-refractivity contribution in [2.24, 2.45) is 7.05 Å². The van der Waals surface area contributed by atoms with Crippen molar-refractivity contribution in [3.8, 4) is 0 Å². The summed E-state index contributed by atoms with van der Waals surface area (Å²) in [7, 11) is 2.06. The zero-order chi connectivity index (χ0) is 21.1. The van der Waals surface area contributed by atoms with Gasteiger partial charge in [-0.3, -0.25) is 9.80 Å². The van der Waals surface area contributed by atoms with Crippen molar-refractivity contribution in [2.45, 2.75) is 26.0 Å². The van der Waals surface area contributed by atoms with E-state index in [9.17, 15) is 5.11 Å². The molecule has 4 rings (SSSR count). The average Bonchev–Trinajstić information content (AvgIpc) is 3.17. The van der Waals surface area contributed by atoms with Crippen LogP contribution < -0.4 is 0 Å². The first kappa shape index (κ1) is 20.8. The number of aryl methyl sites for hydroxylation is 3. The number of benzene rings is 2. The highest BCUT2D eigenvalue weighted by molar-refractivity contribution is 5.32. The summed E-state index contributed by atoms with van der Waals surface area (Å²) in [5.74, 6) is 1.07. The average molecular weight is 405 g/mol.